The van der Waals surface area contributed by atoms with Crippen LogP contribution in [0.2, 0.25) is 5.15 Å². The minimum atomic E-state index is -2.93. The lowest BCUT2D eigenvalue weighted by atomic mass is 10.3. The molecule has 0 fully saturated rings. The van der Waals surface area contributed by atoms with Gasteiger partial charge in [0.25, 0.3) is 6.43 Å². The molecule has 1 aromatic heterocycles. The van der Waals surface area contributed by atoms with Crippen LogP contribution in [0.4, 0.5) is 13.2 Å². The second-order valence-corrected chi connectivity index (χ2v) is 3.45. The molecule has 0 saturated carbocycles. The zero-order valence-corrected chi connectivity index (χ0v) is 8.41. The summed E-state index contributed by atoms with van der Waals surface area (Å²) >= 11 is 7.12. The van der Waals surface area contributed by atoms with Crippen LogP contribution in [0.25, 0.3) is 0 Å². The lowest BCUT2D eigenvalue weighted by molar-refractivity contribution is 0.140. The molecule has 0 aliphatic carbocycles. The summed E-state index contributed by atoms with van der Waals surface area (Å²) in [5, 5.41) is -0.104. The predicted octanol–water partition coefficient (Wildman–Crippen LogP) is 3.42. The van der Waals surface area contributed by atoms with Gasteiger partial charge in [-0.25, -0.2) is 18.2 Å². The van der Waals surface area contributed by atoms with Gasteiger partial charge in [-0.2, -0.15) is 0 Å². The topological polar surface area (TPSA) is 12.9 Å². The van der Waals surface area contributed by atoms with Crippen LogP contribution in [-0.4, -0.2) is 4.98 Å². The lowest BCUT2D eigenvalue weighted by Gasteiger charge is -2.02. The summed E-state index contributed by atoms with van der Waals surface area (Å²) in [6.07, 6.45) is -2.93. The van der Waals surface area contributed by atoms with Crippen molar-refractivity contribution in [3.8, 4) is 0 Å². The van der Waals surface area contributed by atoms with Crippen LogP contribution in [0.5, 0.6) is 0 Å². The Kier molecular flexibility index (Phi) is 3.16. The first kappa shape index (κ1) is 10.0. The third-order valence-corrected chi connectivity index (χ3v) is 2.55. The van der Waals surface area contributed by atoms with Crippen molar-refractivity contribution in [2.45, 2.75) is 6.43 Å². The van der Waals surface area contributed by atoms with Crippen molar-refractivity contribution >= 4 is 34.2 Å². The Labute approximate surface area is 85.1 Å². The van der Waals surface area contributed by atoms with E-state index in [0.717, 1.165) is 6.07 Å². The van der Waals surface area contributed by atoms with Gasteiger partial charge >= 0.3 is 0 Å². The summed E-state index contributed by atoms with van der Waals surface area (Å²) in [5.41, 5.74) is -0.902. The molecule has 6 heteroatoms. The van der Waals surface area contributed by atoms with Crippen molar-refractivity contribution in [2.24, 2.45) is 0 Å². The molecule has 0 aromatic carbocycles. The molecule has 1 aromatic rings. The molecule has 1 rings (SSSR count). The molecule has 0 unspecified atom stereocenters. The van der Waals surface area contributed by atoms with Crippen LogP contribution >= 0.6 is 34.2 Å². The molecular formula is C6H2ClF3IN. The van der Waals surface area contributed by atoms with Gasteiger partial charge in [0.1, 0.15) is 10.8 Å². The summed E-state index contributed by atoms with van der Waals surface area (Å²) in [7, 11) is 0. The van der Waals surface area contributed by atoms with Gasteiger partial charge in [-0.1, -0.05) is 11.6 Å². The van der Waals surface area contributed by atoms with Crippen LogP contribution in [0.15, 0.2) is 6.07 Å². The Hall–Kier alpha value is -0.0400. The predicted molar refractivity (Wildman–Crippen MR) is 46.9 cm³/mol. The Morgan fingerprint density at radius 3 is 2.58 bits per heavy atom. The summed E-state index contributed by atoms with van der Waals surface area (Å²) in [6.45, 7) is 0. The Balaban J connectivity index is 3.23. The van der Waals surface area contributed by atoms with Crippen LogP contribution in [-0.2, 0) is 0 Å². The molecule has 0 atom stereocenters. The third kappa shape index (κ3) is 2.01. The summed E-state index contributed by atoms with van der Waals surface area (Å²) in [5.74, 6) is -1.03. The molecule has 0 aliphatic rings. The van der Waals surface area contributed by atoms with Crippen molar-refractivity contribution in [2.75, 3.05) is 0 Å². The highest BCUT2D eigenvalue weighted by molar-refractivity contribution is 14.1. The molecule has 0 N–H and O–H groups in total. The molecule has 0 bridgehead atoms. The molecule has 1 heterocycles. The van der Waals surface area contributed by atoms with Gasteiger partial charge in [0, 0.05) is 0 Å². The second kappa shape index (κ2) is 3.78. The van der Waals surface area contributed by atoms with Crippen LogP contribution in [0, 0.1) is 9.39 Å². The van der Waals surface area contributed by atoms with Gasteiger partial charge in [-0.05, 0) is 28.7 Å². The van der Waals surface area contributed by atoms with Crippen molar-refractivity contribution in [1.29, 1.82) is 0 Å². The molecule has 0 aliphatic heterocycles. The van der Waals surface area contributed by atoms with E-state index in [1.807, 2.05) is 0 Å². The normalized spacial score (nSPS) is 10.8. The highest BCUT2D eigenvalue weighted by Crippen LogP contribution is 2.25. The largest absolute Gasteiger partial charge is 0.283 e. The van der Waals surface area contributed by atoms with Gasteiger partial charge < -0.3 is 0 Å². The van der Waals surface area contributed by atoms with E-state index in [1.54, 1.807) is 22.6 Å². The van der Waals surface area contributed by atoms with Crippen molar-refractivity contribution in [3.63, 3.8) is 0 Å². The number of rotatable bonds is 1. The Bertz CT molecular complexity index is 305. The van der Waals surface area contributed by atoms with E-state index in [-0.39, 0.29) is 5.15 Å². The number of hydrogen-bond donors (Lipinski definition) is 0. The van der Waals surface area contributed by atoms with Gasteiger partial charge in [0.15, 0.2) is 5.82 Å². The monoisotopic (exact) mass is 307 g/mol. The van der Waals surface area contributed by atoms with Gasteiger partial charge in [-0.15, -0.1) is 0 Å². The zero-order chi connectivity index (χ0) is 9.30. The summed E-state index contributed by atoms with van der Waals surface area (Å²) in [6, 6.07) is 0.928. The van der Waals surface area contributed by atoms with Crippen LogP contribution in [0.1, 0.15) is 12.1 Å². The molecule has 0 spiro atoms. The average molecular weight is 307 g/mol. The molecule has 0 radical (unpaired) electrons. The van der Waals surface area contributed by atoms with Gasteiger partial charge in [-0.3, -0.25) is 0 Å². The smallest absolute Gasteiger partial charge is 0.231 e. The number of alkyl halides is 2. The highest BCUT2D eigenvalue weighted by atomic mass is 127. The summed E-state index contributed by atoms with van der Waals surface area (Å²) in [4.78, 5) is 3.20. The number of hydrogen-bond acceptors (Lipinski definition) is 1. The van der Waals surface area contributed by atoms with Crippen LogP contribution in [0.3, 0.4) is 0 Å². The zero-order valence-electron chi connectivity index (χ0n) is 5.49. The SMILES string of the molecule is Fc1cc(I)c(Cl)nc1C(F)F. The first-order chi connectivity index (χ1) is 5.52. The minimum Gasteiger partial charge on any atom is -0.231 e. The maximum Gasteiger partial charge on any atom is 0.283 e. The van der Waals surface area contributed by atoms with E-state index in [2.05, 4.69) is 4.98 Å². The molecule has 0 saturated heterocycles. The van der Waals surface area contributed by atoms with Gasteiger partial charge in [0.2, 0.25) is 0 Å². The average Bonchev–Trinajstić information content (AvgIpc) is 1.96. The van der Waals surface area contributed by atoms with Crippen LogP contribution < -0.4 is 0 Å². The van der Waals surface area contributed by atoms with E-state index >= 15 is 0 Å². The number of pyridine rings is 1. The fourth-order valence-corrected chi connectivity index (χ4v) is 1.15. The minimum absolute atomic E-state index is 0.104. The molecule has 1 nitrogen and oxygen atoms in total. The van der Waals surface area contributed by atoms with Crippen molar-refractivity contribution in [1.82, 2.24) is 4.98 Å². The van der Waals surface area contributed by atoms with E-state index < -0.39 is 17.9 Å². The fraction of sp³-hybridized carbons (Fsp3) is 0.167. The highest BCUT2D eigenvalue weighted by Gasteiger charge is 2.17. The first-order valence-electron chi connectivity index (χ1n) is 2.82. The Morgan fingerprint density at radius 2 is 2.08 bits per heavy atom. The number of halogens is 5. The van der Waals surface area contributed by atoms with Gasteiger partial charge in [0.05, 0.1) is 3.57 Å². The lowest BCUT2D eigenvalue weighted by Crippen LogP contribution is -1.97. The number of nitrogens with zero attached hydrogens (tertiary/aromatic N) is 1. The molecule has 66 valence electrons. The molecule has 0 amide bonds. The maximum absolute atomic E-state index is 12.7. The first-order valence-corrected chi connectivity index (χ1v) is 4.27. The molecule has 12 heavy (non-hydrogen) atoms. The van der Waals surface area contributed by atoms with Crippen molar-refractivity contribution in [3.05, 3.63) is 26.3 Å². The quantitative estimate of drug-likeness (QED) is 0.572. The molecular weight excluding hydrogens is 305 g/mol. The van der Waals surface area contributed by atoms with E-state index in [0.29, 0.717) is 3.57 Å². The maximum atomic E-state index is 12.7. The Morgan fingerprint density at radius 1 is 1.50 bits per heavy atom. The third-order valence-electron chi connectivity index (χ3n) is 1.12. The van der Waals surface area contributed by atoms with E-state index in [4.69, 9.17) is 11.6 Å². The fourth-order valence-electron chi connectivity index (χ4n) is 0.610. The van der Waals surface area contributed by atoms with E-state index in [1.165, 1.54) is 0 Å². The summed E-state index contributed by atoms with van der Waals surface area (Å²) < 4.78 is 36.9. The van der Waals surface area contributed by atoms with E-state index in [9.17, 15) is 13.2 Å². The standard InChI is InChI=1S/C6H2ClF3IN/c7-5-3(11)1-2(8)4(12-5)6(9)10/h1,6H. The number of aromatic nitrogens is 1. The van der Waals surface area contributed by atoms with Crippen molar-refractivity contribution < 1.29 is 13.2 Å². The second-order valence-electron chi connectivity index (χ2n) is 1.93.